The van der Waals surface area contributed by atoms with Crippen LogP contribution in [-0.4, -0.2) is 60.7 Å². The predicted molar refractivity (Wildman–Crippen MR) is 86.8 cm³/mol. The quantitative estimate of drug-likeness (QED) is 0.819. The monoisotopic (exact) mass is 303 g/mol. The Balaban J connectivity index is 1.61. The maximum Gasteiger partial charge on any atom is 0.209 e. The lowest BCUT2D eigenvalue weighted by atomic mass is 10.1. The van der Waals surface area contributed by atoms with E-state index in [0.29, 0.717) is 6.04 Å². The zero-order valence-corrected chi connectivity index (χ0v) is 13.5. The van der Waals surface area contributed by atoms with Crippen molar-refractivity contribution in [3.63, 3.8) is 0 Å². The Labute approximate surface area is 131 Å². The molecule has 1 saturated heterocycles. The average Bonchev–Trinajstić information content (AvgIpc) is 2.95. The van der Waals surface area contributed by atoms with Gasteiger partial charge in [0.1, 0.15) is 5.52 Å². The molecule has 3 rings (SSSR count). The molecule has 5 heteroatoms. The number of methoxy groups -OCH3 is 1. The smallest absolute Gasteiger partial charge is 0.209 e. The van der Waals surface area contributed by atoms with Crippen molar-refractivity contribution >= 4 is 11.1 Å². The summed E-state index contributed by atoms with van der Waals surface area (Å²) >= 11 is 0. The Morgan fingerprint density at radius 2 is 2.18 bits per heavy atom. The molecule has 1 atom stereocenters. The number of nitrogens with zero attached hydrogens (tertiary/aromatic N) is 3. The molecular weight excluding hydrogens is 278 g/mol. The van der Waals surface area contributed by atoms with Crippen molar-refractivity contribution in [2.75, 3.05) is 39.9 Å². The number of fused-ring (bicyclic) bond motifs is 1. The first-order valence-corrected chi connectivity index (χ1v) is 8.10. The van der Waals surface area contributed by atoms with Crippen molar-refractivity contribution in [3.8, 4) is 0 Å². The zero-order chi connectivity index (χ0) is 15.4. The SMILES string of the molecule is CC[C@@H]1CN(Cc2nc3ccccc3o2)CCN1CCOC. The average molecular weight is 303 g/mol. The molecule has 0 aliphatic carbocycles. The Hall–Kier alpha value is -1.43. The lowest BCUT2D eigenvalue weighted by molar-refractivity contribution is 0.0433. The summed E-state index contributed by atoms with van der Waals surface area (Å²) < 4.78 is 11.1. The molecule has 22 heavy (non-hydrogen) atoms. The molecule has 1 aliphatic heterocycles. The number of oxazole rings is 1. The second kappa shape index (κ2) is 7.22. The summed E-state index contributed by atoms with van der Waals surface area (Å²) in [6, 6.07) is 8.55. The third kappa shape index (κ3) is 3.48. The molecule has 2 heterocycles. The summed E-state index contributed by atoms with van der Waals surface area (Å²) in [6.07, 6.45) is 1.16. The van der Waals surface area contributed by atoms with Crippen LogP contribution in [0.5, 0.6) is 0 Å². The third-order valence-corrected chi connectivity index (χ3v) is 4.44. The topological polar surface area (TPSA) is 41.7 Å². The summed E-state index contributed by atoms with van der Waals surface area (Å²) in [6.45, 7) is 8.09. The number of benzene rings is 1. The largest absolute Gasteiger partial charge is 0.439 e. The lowest BCUT2D eigenvalue weighted by Crippen LogP contribution is -2.53. The molecule has 1 aromatic carbocycles. The molecule has 5 nitrogen and oxygen atoms in total. The fourth-order valence-electron chi connectivity index (χ4n) is 3.17. The highest BCUT2D eigenvalue weighted by Gasteiger charge is 2.26. The van der Waals surface area contributed by atoms with Crippen LogP contribution in [0.15, 0.2) is 28.7 Å². The van der Waals surface area contributed by atoms with E-state index in [0.717, 1.165) is 62.7 Å². The normalized spacial score (nSPS) is 20.7. The van der Waals surface area contributed by atoms with Gasteiger partial charge in [0.05, 0.1) is 13.2 Å². The van der Waals surface area contributed by atoms with Crippen LogP contribution in [0.4, 0.5) is 0 Å². The third-order valence-electron chi connectivity index (χ3n) is 4.44. The van der Waals surface area contributed by atoms with E-state index in [-0.39, 0.29) is 0 Å². The van der Waals surface area contributed by atoms with Crippen molar-refractivity contribution in [2.24, 2.45) is 0 Å². The van der Waals surface area contributed by atoms with Gasteiger partial charge in [-0.05, 0) is 18.6 Å². The Kier molecular flexibility index (Phi) is 5.08. The minimum absolute atomic E-state index is 0.591. The molecular formula is C17H25N3O2. The van der Waals surface area contributed by atoms with Crippen LogP contribution in [0, 0.1) is 0 Å². The van der Waals surface area contributed by atoms with E-state index in [1.165, 1.54) is 0 Å². The van der Waals surface area contributed by atoms with Crippen LogP contribution in [0.1, 0.15) is 19.2 Å². The Morgan fingerprint density at radius 1 is 1.32 bits per heavy atom. The van der Waals surface area contributed by atoms with E-state index in [1.807, 2.05) is 24.3 Å². The van der Waals surface area contributed by atoms with Gasteiger partial charge in [-0.15, -0.1) is 0 Å². The highest BCUT2D eigenvalue weighted by atomic mass is 16.5. The second-order valence-electron chi connectivity index (χ2n) is 5.90. The molecule has 0 unspecified atom stereocenters. The van der Waals surface area contributed by atoms with Gasteiger partial charge in [0, 0.05) is 39.3 Å². The van der Waals surface area contributed by atoms with E-state index in [9.17, 15) is 0 Å². The van der Waals surface area contributed by atoms with Gasteiger partial charge in [0.25, 0.3) is 0 Å². The van der Waals surface area contributed by atoms with Gasteiger partial charge in [0.15, 0.2) is 5.58 Å². The summed E-state index contributed by atoms with van der Waals surface area (Å²) in [5.41, 5.74) is 1.83. The molecule has 120 valence electrons. The molecule has 1 fully saturated rings. The van der Waals surface area contributed by atoms with Crippen molar-refractivity contribution < 1.29 is 9.15 Å². The lowest BCUT2D eigenvalue weighted by Gasteiger charge is -2.40. The molecule has 2 aromatic rings. The van der Waals surface area contributed by atoms with Crippen LogP contribution in [0.3, 0.4) is 0 Å². The molecule has 0 amide bonds. The Bertz CT molecular complexity index is 565. The van der Waals surface area contributed by atoms with Crippen LogP contribution in [-0.2, 0) is 11.3 Å². The van der Waals surface area contributed by atoms with Gasteiger partial charge in [0.2, 0.25) is 5.89 Å². The molecule has 1 aliphatic rings. The van der Waals surface area contributed by atoms with E-state index >= 15 is 0 Å². The van der Waals surface area contributed by atoms with Gasteiger partial charge < -0.3 is 9.15 Å². The molecule has 1 aromatic heterocycles. The maximum absolute atomic E-state index is 5.85. The standard InChI is InChI=1S/C17H25N3O2/c1-3-14-12-19(8-9-20(14)10-11-21-2)13-17-18-15-6-4-5-7-16(15)22-17/h4-7,14H,3,8-13H2,1-2H3/t14-/m1/s1. The highest BCUT2D eigenvalue weighted by molar-refractivity contribution is 5.72. The number of hydrogen-bond donors (Lipinski definition) is 0. The maximum atomic E-state index is 5.85. The van der Waals surface area contributed by atoms with Gasteiger partial charge >= 0.3 is 0 Å². The van der Waals surface area contributed by atoms with E-state index in [4.69, 9.17) is 9.15 Å². The number of ether oxygens (including phenoxy) is 1. The van der Waals surface area contributed by atoms with Crippen molar-refractivity contribution in [3.05, 3.63) is 30.2 Å². The molecule has 0 bridgehead atoms. The minimum Gasteiger partial charge on any atom is -0.439 e. The first kappa shape index (κ1) is 15.5. The molecule has 0 saturated carbocycles. The van der Waals surface area contributed by atoms with Crippen molar-refractivity contribution in [1.82, 2.24) is 14.8 Å². The van der Waals surface area contributed by atoms with Gasteiger partial charge in [-0.3, -0.25) is 9.80 Å². The van der Waals surface area contributed by atoms with Crippen LogP contribution >= 0.6 is 0 Å². The van der Waals surface area contributed by atoms with Gasteiger partial charge in [-0.2, -0.15) is 0 Å². The zero-order valence-electron chi connectivity index (χ0n) is 13.5. The summed E-state index contributed by atoms with van der Waals surface area (Å²) in [5, 5.41) is 0. The van der Waals surface area contributed by atoms with E-state index in [2.05, 4.69) is 21.7 Å². The molecule has 0 N–H and O–H groups in total. The number of rotatable bonds is 6. The van der Waals surface area contributed by atoms with E-state index in [1.54, 1.807) is 7.11 Å². The van der Waals surface area contributed by atoms with Crippen molar-refractivity contribution in [1.29, 1.82) is 0 Å². The second-order valence-corrected chi connectivity index (χ2v) is 5.90. The van der Waals surface area contributed by atoms with Crippen molar-refractivity contribution in [2.45, 2.75) is 25.9 Å². The molecule has 0 radical (unpaired) electrons. The summed E-state index contributed by atoms with van der Waals surface area (Å²) in [5.74, 6) is 0.821. The fourth-order valence-corrected chi connectivity index (χ4v) is 3.17. The summed E-state index contributed by atoms with van der Waals surface area (Å²) in [7, 11) is 1.77. The highest BCUT2D eigenvalue weighted by Crippen LogP contribution is 2.18. The summed E-state index contributed by atoms with van der Waals surface area (Å²) in [4.78, 5) is 9.56. The Morgan fingerprint density at radius 3 is 2.95 bits per heavy atom. The fraction of sp³-hybridized carbons (Fsp3) is 0.588. The first-order valence-electron chi connectivity index (χ1n) is 8.10. The van der Waals surface area contributed by atoms with Crippen LogP contribution in [0.2, 0.25) is 0 Å². The number of para-hydroxylation sites is 2. The number of aromatic nitrogens is 1. The van der Waals surface area contributed by atoms with E-state index < -0.39 is 0 Å². The predicted octanol–water partition coefficient (Wildman–Crippen LogP) is 2.37. The minimum atomic E-state index is 0.591. The van der Waals surface area contributed by atoms with Gasteiger partial charge in [-0.25, -0.2) is 4.98 Å². The first-order chi connectivity index (χ1) is 10.8. The van der Waals surface area contributed by atoms with Crippen LogP contribution in [0.25, 0.3) is 11.1 Å². The number of hydrogen-bond acceptors (Lipinski definition) is 5. The molecule has 0 spiro atoms. The van der Waals surface area contributed by atoms with Gasteiger partial charge in [-0.1, -0.05) is 19.1 Å². The van der Waals surface area contributed by atoms with Crippen LogP contribution < -0.4 is 0 Å². The number of piperazine rings is 1.